The van der Waals surface area contributed by atoms with E-state index in [2.05, 4.69) is 37.9 Å². The van der Waals surface area contributed by atoms with Crippen molar-refractivity contribution in [3.63, 3.8) is 0 Å². The molecule has 35 heavy (non-hydrogen) atoms. The molecule has 178 valence electrons. The third kappa shape index (κ3) is 4.51. The Bertz CT molecular complexity index is 1370. The average molecular weight is 600 g/mol. The summed E-state index contributed by atoms with van der Waals surface area (Å²) in [5, 5.41) is 9.94. The normalized spacial score (nSPS) is 15.8. The Kier molecular flexibility index (Phi) is 6.50. The molecule has 0 spiro atoms. The molecule has 2 aliphatic rings. The van der Waals surface area contributed by atoms with Crippen molar-refractivity contribution < 1.29 is 23.7 Å². The van der Waals surface area contributed by atoms with Crippen LogP contribution in [-0.2, 0) is 6.61 Å². The number of nitrogens with zero attached hydrogens (tertiary/aromatic N) is 1. The molecule has 0 amide bonds. The molecule has 0 bridgehead atoms. The maximum Gasteiger partial charge on any atom is 0.231 e. The second kappa shape index (κ2) is 9.72. The first kappa shape index (κ1) is 23.4. The van der Waals surface area contributed by atoms with E-state index in [1.807, 2.05) is 49.4 Å². The highest BCUT2D eigenvalue weighted by Gasteiger charge is 2.34. The second-order valence-corrected chi connectivity index (χ2v) is 9.62. The molecule has 2 heterocycles. The molecular weight excluding hydrogens is 580 g/mol. The summed E-state index contributed by atoms with van der Waals surface area (Å²) >= 11 is 7.09. The van der Waals surface area contributed by atoms with E-state index >= 15 is 0 Å². The molecular formula is C26H20Br2N2O5. The molecule has 3 aromatic carbocycles. The van der Waals surface area contributed by atoms with Crippen molar-refractivity contribution in [2.24, 2.45) is 5.73 Å². The van der Waals surface area contributed by atoms with Crippen LogP contribution in [0.2, 0.25) is 0 Å². The molecule has 7 nitrogen and oxygen atoms in total. The minimum atomic E-state index is -0.491. The summed E-state index contributed by atoms with van der Waals surface area (Å²) in [5.41, 5.74) is 9.01. The molecule has 2 aliphatic heterocycles. The summed E-state index contributed by atoms with van der Waals surface area (Å²) in [4.78, 5) is 0. The molecule has 2 N–H and O–H groups in total. The van der Waals surface area contributed by atoms with Crippen LogP contribution in [0.15, 0.2) is 68.9 Å². The van der Waals surface area contributed by atoms with Gasteiger partial charge in [-0.25, -0.2) is 0 Å². The van der Waals surface area contributed by atoms with Crippen LogP contribution in [0.1, 0.15) is 29.5 Å². The Morgan fingerprint density at radius 2 is 1.77 bits per heavy atom. The zero-order valence-corrected chi connectivity index (χ0v) is 21.8. The van der Waals surface area contributed by atoms with Gasteiger partial charge in [0, 0.05) is 16.1 Å². The third-order valence-electron chi connectivity index (χ3n) is 5.67. The van der Waals surface area contributed by atoms with Crippen LogP contribution in [0.4, 0.5) is 0 Å². The van der Waals surface area contributed by atoms with Crippen LogP contribution in [0.3, 0.4) is 0 Å². The van der Waals surface area contributed by atoms with Gasteiger partial charge in [0.1, 0.15) is 24.0 Å². The zero-order valence-electron chi connectivity index (χ0n) is 18.6. The van der Waals surface area contributed by atoms with Gasteiger partial charge >= 0.3 is 0 Å². The van der Waals surface area contributed by atoms with E-state index in [4.69, 9.17) is 29.4 Å². The van der Waals surface area contributed by atoms with Crippen molar-refractivity contribution in [2.75, 3.05) is 13.4 Å². The molecule has 5 rings (SSSR count). The van der Waals surface area contributed by atoms with Crippen molar-refractivity contribution in [1.29, 1.82) is 5.26 Å². The predicted octanol–water partition coefficient (Wildman–Crippen LogP) is 6.14. The molecule has 1 atom stereocenters. The average Bonchev–Trinajstić information content (AvgIpc) is 3.30. The lowest BCUT2D eigenvalue weighted by atomic mass is 9.83. The number of hydrogen-bond acceptors (Lipinski definition) is 7. The first-order valence-corrected chi connectivity index (χ1v) is 12.4. The van der Waals surface area contributed by atoms with Gasteiger partial charge in [0.05, 0.1) is 17.0 Å². The molecule has 0 radical (unpaired) electrons. The number of allylic oxidation sites excluding steroid dienone is 1. The van der Waals surface area contributed by atoms with E-state index in [9.17, 15) is 5.26 Å². The summed E-state index contributed by atoms with van der Waals surface area (Å²) < 4.78 is 30.6. The molecule has 3 aromatic rings. The SMILES string of the molecule is CCOc1cc([C@@H]2C(C#N)=C(N)Oc3cc4c(cc32)OCO4)cc(Br)c1OCc1ccc(Br)cc1. The number of nitriles is 1. The lowest BCUT2D eigenvalue weighted by Gasteiger charge is -2.27. The molecule has 0 unspecified atom stereocenters. The van der Waals surface area contributed by atoms with Gasteiger partial charge in [0.15, 0.2) is 23.0 Å². The second-order valence-electron chi connectivity index (χ2n) is 7.85. The van der Waals surface area contributed by atoms with Crippen LogP contribution >= 0.6 is 31.9 Å². The van der Waals surface area contributed by atoms with E-state index in [0.717, 1.165) is 21.2 Å². The maximum atomic E-state index is 9.94. The van der Waals surface area contributed by atoms with E-state index in [1.165, 1.54) is 0 Å². The van der Waals surface area contributed by atoms with Gasteiger partial charge < -0.3 is 29.4 Å². The summed E-state index contributed by atoms with van der Waals surface area (Å²) in [5.74, 6) is 2.37. The number of ether oxygens (including phenoxy) is 5. The van der Waals surface area contributed by atoms with Crippen LogP contribution in [-0.4, -0.2) is 13.4 Å². The Labute approximate surface area is 219 Å². The largest absolute Gasteiger partial charge is 0.490 e. The Balaban J connectivity index is 1.56. The summed E-state index contributed by atoms with van der Waals surface area (Å²) in [6.45, 7) is 2.84. The van der Waals surface area contributed by atoms with Crippen molar-refractivity contribution in [3.05, 3.63) is 85.6 Å². The maximum absolute atomic E-state index is 9.94. The Morgan fingerprint density at radius 1 is 1.03 bits per heavy atom. The van der Waals surface area contributed by atoms with Crippen LogP contribution < -0.4 is 29.4 Å². The number of fused-ring (bicyclic) bond motifs is 2. The highest BCUT2D eigenvalue weighted by molar-refractivity contribution is 9.10. The first-order chi connectivity index (χ1) is 17.0. The highest BCUT2D eigenvalue weighted by Crippen LogP contribution is 2.50. The topological polar surface area (TPSA) is 96.0 Å². The standard InChI is InChI=1S/C26H20Br2N2O5/c1-2-31-23-8-15(7-19(28)25(23)32-12-14-3-5-16(27)6-4-14)24-17-9-21-22(34-13-33-21)10-20(17)35-26(30)18(24)11-29/h3-10,24H,2,12-13,30H2,1H3/t24-/m0/s1. The van der Waals surface area contributed by atoms with Crippen LogP contribution in [0.25, 0.3) is 0 Å². The van der Waals surface area contributed by atoms with E-state index in [-0.39, 0.29) is 12.7 Å². The van der Waals surface area contributed by atoms with Gasteiger partial charge in [-0.1, -0.05) is 28.1 Å². The predicted molar refractivity (Wildman–Crippen MR) is 136 cm³/mol. The van der Waals surface area contributed by atoms with E-state index < -0.39 is 5.92 Å². The molecule has 0 aliphatic carbocycles. The minimum absolute atomic E-state index is 0.0495. The lowest BCUT2D eigenvalue weighted by molar-refractivity contribution is 0.174. The number of benzene rings is 3. The third-order valence-corrected chi connectivity index (χ3v) is 6.79. The van der Waals surface area contributed by atoms with Gasteiger partial charge in [-0.2, -0.15) is 5.26 Å². The molecule has 0 saturated carbocycles. The number of hydrogen-bond donors (Lipinski definition) is 1. The van der Waals surface area contributed by atoms with Gasteiger partial charge in [-0.3, -0.25) is 0 Å². The van der Waals surface area contributed by atoms with Crippen molar-refractivity contribution in [1.82, 2.24) is 0 Å². The summed E-state index contributed by atoms with van der Waals surface area (Å²) in [7, 11) is 0. The van der Waals surface area contributed by atoms with Crippen LogP contribution in [0, 0.1) is 11.3 Å². The van der Waals surface area contributed by atoms with Crippen molar-refractivity contribution in [2.45, 2.75) is 19.4 Å². The first-order valence-electron chi connectivity index (χ1n) is 10.8. The molecule has 0 saturated heterocycles. The fourth-order valence-electron chi connectivity index (χ4n) is 4.08. The monoisotopic (exact) mass is 598 g/mol. The zero-order chi connectivity index (χ0) is 24.5. The number of rotatable bonds is 6. The molecule has 9 heteroatoms. The fourth-order valence-corrected chi connectivity index (χ4v) is 4.92. The van der Waals surface area contributed by atoms with Gasteiger partial charge in [0.25, 0.3) is 0 Å². The smallest absolute Gasteiger partial charge is 0.231 e. The number of nitrogens with two attached hydrogens (primary N) is 1. The quantitative estimate of drug-likeness (QED) is 0.364. The number of halogens is 2. The fraction of sp³-hybridized carbons (Fsp3) is 0.192. The van der Waals surface area contributed by atoms with Gasteiger partial charge in [-0.15, -0.1) is 0 Å². The highest BCUT2D eigenvalue weighted by atomic mass is 79.9. The molecule has 0 aromatic heterocycles. The van der Waals surface area contributed by atoms with Crippen molar-refractivity contribution in [3.8, 4) is 34.8 Å². The van der Waals surface area contributed by atoms with E-state index in [1.54, 1.807) is 6.07 Å². The Hall–Kier alpha value is -3.35. The van der Waals surface area contributed by atoms with Gasteiger partial charge in [-0.05, 0) is 64.3 Å². The lowest BCUT2D eigenvalue weighted by Crippen LogP contribution is -2.21. The summed E-state index contributed by atoms with van der Waals surface area (Å²) in [6, 6.07) is 17.5. The van der Waals surface area contributed by atoms with Crippen LogP contribution in [0.5, 0.6) is 28.7 Å². The minimum Gasteiger partial charge on any atom is -0.490 e. The van der Waals surface area contributed by atoms with Crippen molar-refractivity contribution >= 4 is 31.9 Å². The summed E-state index contributed by atoms with van der Waals surface area (Å²) in [6.07, 6.45) is 0. The van der Waals surface area contributed by atoms with E-state index in [0.29, 0.717) is 52.0 Å². The Morgan fingerprint density at radius 3 is 2.49 bits per heavy atom. The molecule has 0 fully saturated rings. The van der Waals surface area contributed by atoms with Gasteiger partial charge in [0.2, 0.25) is 12.7 Å².